The number of hydrogen-bond acceptors (Lipinski definition) is 4. The fraction of sp³-hybridized carbons (Fsp3) is 0. The van der Waals surface area contributed by atoms with Crippen LogP contribution in [0.25, 0.3) is 0 Å². The lowest BCUT2D eigenvalue weighted by Crippen LogP contribution is -2.48. The van der Waals surface area contributed by atoms with Gasteiger partial charge in [0.1, 0.15) is 0 Å². The van der Waals surface area contributed by atoms with Crippen molar-refractivity contribution in [1.29, 1.82) is 5.41 Å². The molecule has 0 aromatic carbocycles. The predicted molar refractivity (Wildman–Crippen MR) is 43.2 cm³/mol. The number of nitrogens with two attached hydrogens (primary N) is 1. The first-order valence-corrected chi connectivity index (χ1v) is 3.20. The van der Waals surface area contributed by atoms with Crippen molar-refractivity contribution in [3.63, 3.8) is 0 Å². The molecule has 0 unspecified atom stereocenters. The van der Waals surface area contributed by atoms with Crippen LogP contribution in [-0.2, 0) is 0 Å². The molecular weight excluding hydrogens is 178 g/mol. The highest BCUT2D eigenvalue weighted by Crippen LogP contribution is 2.11. The first kappa shape index (κ1) is 8.84. The highest BCUT2D eigenvalue weighted by Gasteiger charge is 2.20. The van der Waals surface area contributed by atoms with Gasteiger partial charge >= 0.3 is 0 Å². The standard InChI is InChI=1S/C5H7N5O3/c6-5(7)8-9(10(11)12)4-2-1-3-13-4/h1-3H,(H4,6,7,8). The van der Waals surface area contributed by atoms with Crippen LogP contribution in [0, 0.1) is 15.5 Å². The molecule has 8 nitrogen and oxygen atoms in total. The molecule has 0 atom stereocenters. The smallest absolute Gasteiger partial charge is 0.283 e. The van der Waals surface area contributed by atoms with Crippen LogP contribution in [0.5, 0.6) is 0 Å². The number of nitrogens with one attached hydrogen (secondary N) is 2. The van der Waals surface area contributed by atoms with E-state index in [0.29, 0.717) is 5.12 Å². The van der Waals surface area contributed by atoms with E-state index in [2.05, 4.69) is 0 Å². The molecule has 0 spiro atoms. The first-order chi connectivity index (χ1) is 6.11. The summed E-state index contributed by atoms with van der Waals surface area (Å²) in [4.78, 5) is 10.4. The van der Waals surface area contributed by atoms with Gasteiger partial charge in [-0.1, -0.05) is 0 Å². The molecule has 0 fully saturated rings. The van der Waals surface area contributed by atoms with Crippen molar-refractivity contribution >= 4 is 11.8 Å². The van der Waals surface area contributed by atoms with Gasteiger partial charge in [-0.3, -0.25) is 5.41 Å². The quantitative estimate of drug-likeness (QED) is 0.256. The third-order valence-corrected chi connectivity index (χ3v) is 1.10. The Bertz CT molecular complexity index is 308. The summed E-state index contributed by atoms with van der Waals surface area (Å²) in [6.07, 6.45) is 1.27. The molecule has 4 N–H and O–H groups in total. The summed E-state index contributed by atoms with van der Waals surface area (Å²) < 4.78 is 4.73. The lowest BCUT2D eigenvalue weighted by Gasteiger charge is -2.10. The molecule has 8 heteroatoms. The second-order valence-electron chi connectivity index (χ2n) is 2.03. The molecule has 1 heterocycles. The maximum atomic E-state index is 10.4. The molecule has 0 aliphatic rings. The van der Waals surface area contributed by atoms with Crippen molar-refractivity contribution in [3.05, 3.63) is 28.5 Å². The molecule has 1 aromatic heterocycles. The van der Waals surface area contributed by atoms with E-state index < -0.39 is 11.0 Å². The van der Waals surface area contributed by atoms with Gasteiger partial charge in [0.2, 0.25) is 5.96 Å². The van der Waals surface area contributed by atoms with Crippen molar-refractivity contribution in [2.45, 2.75) is 0 Å². The third-order valence-electron chi connectivity index (χ3n) is 1.10. The average Bonchev–Trinajstić information content (AvgIpc) is 2.50. The summed E-state index contributed by atoms with van der Waals surface area (Å²) in [5, 5.41) is 16.8. The Morgan fingerprint density at radius 2 is 2.54 bits per heavy atom. The van der Waals surface area contributed by atoms with Crippen LogP contribution in [0.4, 0.5) is 5.88 Å². The van der Waals surface area contributed by atoms with E-state index in [0.717, 1.165) is 0 Å². The van der Waals surface area contributed by atoms with Gasteiger partial charge in [-0.05, 0) is 6.07 Å². The lowest BCUT2D eigenvalue weighted by atomic mass is 10.6. The maximum absolute atomic E-state index is 10.4. The summed E-state index contributed by atoms with van der Waals surface area (Å²) in [5.74, 6) is -0.603. The van der Waals surface area contributed by atoms with Crippen LogP contribution >= 0.6 is 0 Å². The number of nitro groups is 1. The van der Waals surface area contributed by atoms with Gasteiger partial charge in [-0.25, -0.2) is 15.5 Å². The molecule has 0 saturated carbocycles. The molecule has 70 valence electrons. The zero-order chi connectivity index (χ0) is 9.84. The monoisotopic (exact) mass is 185 g/mol. The number of anilines is 1. The number of guanidine groups is 1. The number of hydrogen-bond donors (Lipinski definition) is 3. The van der Waals surface area contributed by atoms with Gasteiger partial charge in [0.05, 0.1) is 6.26 Å². The molecule has 0 bridgehead atoms. The lowest BCUT2D eigenvalue weighted by molar-refractivity contribution is -0.502. The average molecular weight is 185 g/mol. The molecule has 0 aliphatic heterocycles. The maximum Gasteiger partial charge on any atom is 0.283 e. The minimum atomic E-state index is -0.791. The third kappa shape index (κ3) is 2.09. The predicted octanol–water partition coefficient (Wildman–Crippen LogP) is -0.324. The van der Waals surface area contributed by atoms with Gasteiger partial charge in [0.25, 0.3) is 5.88 Å². The SMILES string of the molecule is N=C(N)NN(c1ccco1)[N+](=O)[O-]. The molecule has 0 aliphatic carbocycles. The van der Waals surface area contributed by atoms with Crippen molar-refractivity contribution < 1.29 is 9.45 Å². The summed E-state index contributed by atoms with van der Waals surface area (Å²) in [5.41, 5.74) is 6.90. The number of furan rings is 1. The molecule has 1 aromatic rings. The minimum Gasteiger partial charge on any atom is -0.443 e. The molecule has 0 radical (unpaired) electrons. The van der Waals surface area contributed by atoms with E-state index in [1.807, 2.05) is 5.43 Å². The van der Waals surface area contributed by atoms with Gasteiger partial charge in [0.15, 0.2) is 5.03 Å². The van der Waals surface area contributed by atoms with Gasteiger partial charge in [-0.15, -0.1) is 0 Å². The largest absolute Gasteiger partial charge is 0.443 e. The normalized spacial score (nSPS) is 9.23. The van der Waals surface area contributed by atoms with Crippen molar-refractivity contribution in [2.75, 3.05) is 5.12 Å². The van der Waals surface area contributed by atoms with Crippen LogP contribution < -0.4 is 16.3 Å². The Labute approximate surface area is 72.5 Å². The van der Waals surface area contributed by atoms with Crippen LogP contribution in [0.1, 0.15) is 0 Å². The topological polar surface area (TPSA) is 121 Å². The Kier molecular flexibility index (Phi) is 2.33. The van der Waals surface area contributed by atoms with E-state index in [9.17, 15) is 10.1 Å². The van der Waals surface area contributed by atoms with Crippen LogP contribution in [0.3, 0.4) is 0 Å². The Morgan fingerprint density at radius 3 is 2.92 bits per heavy atom. The first-order valence-electron chi connectivity index (χ1n) is 3.20. The van der Waals surface area contributed by atoms with Crippen LogP contribution in [-0.4, -0.2) is 11.0 Å². The van der Waals surface area contributed by atoms with Crippen LogP contribution in [0.2, 0.25) is 0 Å². The molecule has 13 heavy (non-hydrogen) atoms. The summed E-state index contributed by atoms with van der Waals surface area (Å²) in [7, 11) is 0. The molecule has 0 saturated heterocycles. The second-order valence-corrected chi connectivity index (χ2v) is 2.03. The van der Waals surface area contributed by atoms with Crippen molar-refractivity contribution in [2.24, 2.45) is 5.73 Å². The summed E-state index contributed by atoms with van der Waals surface area (Å²) in [6, 6.07) is 2.84. The van der Waals surface area contributed by atoms with E-state index >= 15 is 0 Å². The number of nitrogens with zero attached hydrogens (tertiary/aromatic N) is 2. The summed E-state index contributed by atoms with van der Waals surface area (Å²) >= 11 is 0. The van der Waals surface area contributed by atoms with Crippen molar-refractivity contribution in [1.82, 2.24) is 5.43 Å². The fourth-order valence-electron chi connectivity index (χ4n) is 0.681. The molecule has 1 rings (SSSR count). The highest BCUT2D eigenvalue weighted by atomic mass is 16.7. The van der Waals surface area contributed by atoms with Gasteiger partial charge in [0, 0.05) is 11.2 Å². The van der Waals surface area contributed by atoms with E-state index in [4.69, 9.17) is 15.6 Å². The van der Waals surface area contributed by atoms with E-state index in [1.54, 1.807) is 0 Å². The van der Waals surface area contributed by atoms with Crippen LogP contribution in [0.15, 0.2) is 22.8 Å². The number of hydrazine groups is 2. The fourth-order valence-corrected chi connectivity index (χ4v) is 0.681. The highest BCUT2D eigenvalue weighted by molar-refractivity contribution is 5.75. The minimum absolute atomic E-state index is 0.0554. The molecule has 0 amide bonds. The zero-order valence-corrected chi connectivity index (χ0v) is 6.43. The zero-order valence-electron chi connectivity index (χ0n) is 6.43. The Balaban J connectivity index is 2.81. The second kappa shape index (κ2) is 3.43. The van der Waals surface area contributed by atoms with Gasteiger partial charge in [-0.2, -0.15) is 0 Å². The molecular formula is C5H7N5O3. The Morgan fingerprint density at radius 1 is 1.85 bits per heavy atom. The van der Waals surface area contributed by atoms with E-state index in [1.165, 1.54) is 18.4 Å². The number of rotatable bonds is 3. The van der Waals surface area contributed by atoms with Crippen molar-refractivity contribution in [3.8, 4) is 0 Å². The van der Waals surface area contributed by atoms with E-state index in [-0.39, 0.29) is 5.88 Å². The van der Waals surface area contributed by atoms with Gasteiger partial charge < -0.3 is 10.2 Å². The Hall–Kier alpha value is -2.25. The summed E-state index contributed by atoms with van der Waals surface area (Å²) in [6.45, 7) is 0.